The van der Waals surface area contributed by atoms with E-state index in [0.717, 1.165) is 36.5 Å². The number of anilines is 1. The van der Waals surface area contributed by atoms with E-state index < -0.39 is 13.0 Å². The van der Waals surface area contributed by atoms with Crippen molar-refractivity contribution in [3.8, 4) is 5.88 Å². The van der Waals surface area contributed by atoms with Crippen LogP contribution in [0.2, 0.25) is 0 Å². The van der Waals surface area contributed by atoms with E-state index in [1.807, 2.05) is 26.2 Å². The third kappa shape index (κ3) is 3.41. The van der Waals surface area contributed by atoms with Crippen LogP contribution in [0.25, 0.3) is 5.70 Å². The summed E-state index contributed by atoms with van der Waals surface area (Å²) in [5.74, 6) is 1.15. The van der Waals surface area contributed by atoms with Crippen molar-refractivity contribution >= 4 is 11.5 Å². The van der Waals surface area contributed by atoms with Gasteiger partial charge in [-0.3, -0.25) is 0 Å². The van der Waals surface area contributed by atoms with Gasteiger partial charge >= 0.3 is 0 Å². The van der Waals surface area contributed by atoms with E-state index >= 15 is 0 Å². The van der Waals surface area contributed by atoms with Gasteiger partial charge in [-0.15, -0.1) is 0 Å². The molecule has 5 nitrogen and oxygen atoms in total. The van der Waals surface area contributed by atoms with Gasteiger partial charge in [0.05, 0.1) is 6.04 Å². The van der Waals surface area contributed by atoms with Gasteiger partial charge in [0, 0.05) is 48.4 Å². The number of pyridine rings is 2. The molecule has 1 saturated carbocycles. The molecule has 0 aromatic carbocycles. The molecule has 2 aromatic rings. The number of fused-ring (bicyclic) bond motifs is 1. The predicted molar refractivity (Wildman–Crippen MR) is 104 cm³/mol. The maximum absolute atomic E-state index is 12.4. The summed E-state index contributed by atoms with van der Waals surface area (Å²) in [7, 11) is 1.89. The lowest BCUT2D eigenvalue weighted by Crippen LogP contribution is -2.21. The normalized spacial score (nSPS) is 16.4. The summed E-state index contributed by atoms with van der Waals surface area (Å²) in [6.45, 7) is 4.20. The monoisotopic (exact) mass is 386 g/mol. The average molecular weight is 386 g/mol. The third-order valence-electron chi connectivity index (χ3n) is 5.37. The first-order valence-corrected chi connectivity index (χ1v) is 9.52. The Labute approximate surface area is 163 Å². The summed E-state index contributed by atoms with van der Waals surface area (Å²) >= 11 is 0. The lowest BCUT2D eigenvalue weighted by atomic mass is 10.0. The van der Waals surface area contributed by atoms with Crippen molar-refractivity contribution in [3.63, 3.8) is 0 Å². The fourth-order valence-corrected chi connectivity index (χ4v) is 3.90. The molecule has 1 atom stereocenters. The number of halogens is 2. The van der Waals surface area contributed by atoms with Crippen LogP contribution < -0.4 is 10.1 Å². The molecule has 4 rings (SSSR count). The molecular formula is C21H24F2N4O. The van der Waals surface area contributed by atoms with E-state index in [4.69, 9.17) is 4.74 Å². The highest BCUT2D eigenvalue weighted by molar-refractivity contribution is 5.78. The Morgan fingerprint density at radius 2 is 2.04 bits per heavy atom. The molecule has 1 fully saturated rings. The summed E-state index contributed by atoms with van der Waals surface area (Å²) < 4.78 is 29.8. The highest BCUT2D eigenvalue weighted by Gasteiger charge is 2.35. The zero-order valence-corrected chi connectivity index (χ0v) is 16.3. The molecule has 0 spiro atoms. The van der Waals surface area contributed by atoms with Crippen LogP contribution in [0.15, 0.2) is 30.0 Å². The number of hydrogen-bond donors (Lipinski definition) is 1. The minimum absolute atomic E-state index is 0.0943. The predicted octanol–water partition coefficient (Wildman–Crippen LogP) is 4.55. The zero-order chi connectivity index (χ0) is 19.8. The van der Waals surface area contributed by atoms with Gasteiger partial charge in [-0.25, -0.2) is 18.7 Å². The van der Waals surface area contributed by atoms with Crippen LogP contribution in [0, 0.1) is 6.92 Å². The summed E-state index contributed by atoms with van der Waals surface area (Å²) in [4.78, 5) is 11.2. The first kappa shape index (κ1) is 18.7. The summed E-state index contributed by atoms with van der Waals surface area (Å²) in [6.07, 6.45) is 1.61. The van der Waals surface area contributed by atoms with E-state index in [1.165, 1.54) is 22.4 Å². The standard InChI is InChI=1S/C21H24F2N4O/c1-12-15(6-7-19(26-12)28-11-18(22)23)13(2)27-10-17-16(20(27)14-4-5-14)8-9-25-21(17)24-3/h6-9,13,18H,4-5,10-11H2,1-3H3,(H,24,25). The second-order valence-corrected chi connectivity index (χ2v) is 7.22. The molecule has 7 heteroatoms. The Bertz CT molecular complexity index is 923. The topological polar surface area (TPSA) is 50.3 Å². The van der Waals surface area contributed by atoms with Crippen LogP contribution in [0.5, 0.6) is 5.88 Å². The molecule has 28 heavy (non-hydrogen) atoms. The maximum atomic E-state index is 12.4. The number of allylic oxidation sites excluding steroid dienone is 1. The average Bonchev–Trinajstić information content (AvgIpc) is 3.44. The van der Waals surface area contributed by atoms with Crippen molar-refractivity contribution in [1.29, 1.82) is 0 Å². The maximum Gasteiger partial charge on any atom is 0.272 e. The van der Waals surface area contributed by atoms with Gasteiger partial charge in [-0.1, -0.05) is 0 Å². The van der Waals surface area contributed by atoms with Gasteiger partial charge in [0.2, 0.25) is 5.88 Å². The number of aromatic nitrogens is 2. The SMILES string of the molecule is CNc1nccc2c1CN(C(C)c1ccc(OCC(F)F)nc1C)C2=C1CC1. The lowest BCUT2D eigenvalue weighted by molar-refractivity contribution is 0.0794. The molecular weight excluding hydrogens is 362 g/mol. The molecule has 0 radical (unpaired) electrons. The van der Waals surface area contributed by atoms with Gasteiger partial charge in [0.1, 0.15) is 5.82 Å². The molecule has 0 bridgehead atoms. The van der Waals surface area contributed by atoms with Gasteiger partial charge in [-0.05, 0) is 50.0 Å². The van der Waals surface area contributed by atoms with Crippen LogP contribution >= 0.6 is 0 Å². The molecule has 2 aromatic heterocycles. The van der Waals surface area contributed by atoms with E-state index in [0.29, 0.717) is 0 Å². The summed E-state index contributed by atoms with van der Waals surface area (Å²) in [5, 5.41) is 3.20. The number of rotatable bonds is 6. The number of hydrogen-bond acceptors (Lipinski definition) is 5. The fourth-order valence-electron chi connectivity index (χ4n) is 3.90. The summed E-state index contributed by atoms with van der Waals surface area (Å²) in [6, 6.07) is 5.80. The van der Waals surface area contributed by atoms with Crippen molar-refractivity contribution in [1.82, 2.24) is 14.9 Å². The van der Waals surface area contributed by atoms with Crippen molar-refractivity contribution in [3.05, 3.63) is 52.4 Å². The largest absolute Gasteiger partial charge is 0.472 e. The van der Waals surface area contributed by atoms with E-state index in [9.17, 15) is 8.78 Å². The molecule has 3 heterocycles. The van der Waals surface area contributed by atoms with Crippen LogP contribution in [0.1, 0.15) is 48.2 Å². The van der Waals surface area contributed by atoms with Gasteiger partial charge in [-0.2, -0.15) is 0 Å². The Morgan fingerprint density at radius 3 is 2.68 bits per heavy atom. The number of alkyl halides is 2. The highest BCUT2D eigenvalue weighted by atomic mass is 19.3. The molecule has 148 valence electrons. The number of aryl methyl sites for hydroxylation is 1. The van der Waals surface area contributed by atoms with Crippen molar-refractivity contribution in [2.24, 2.45) is 0 Å². The molecule has 1 N–H and O–H groups in total. The number of nitrogens with zero attached hydrogens (tertiary/aromatic N) is 3. The van der Waals surface area contributed by atoms with E-state index in [1.54, 1.807) is 6.07 Å². The molecule has 0 amide bonds. The Kier molecular flexibility index (Phi) is 4.91. The van der Waals surface area contributed by atoms with Crippen LogP contribution in [-0.2, 0) is 6.54 Å². The zero-order valence-electron chi connectivity index (χ0n) is 16.3. The number of nitrogens with one attached hydrogen (secondary N) is 1. The molecule has 2 aliphatic rings. The first-order valence-electron chi connectivity index (χ1n) is 9.52. The van der Waals surface area contributed by atoms with Gasteiger partial charge in [0.15, 0.2) is 6.61 Å². The minimum atomic E-state index is -2.51. The van der Waals surface area contributed by atoms with Crippen molar-refractivity contribution in [2.45, 2.75) is 45.7 Å². The van der Waals surface area contributed by atoms with Crippen LogP contribution in [0.4, 0.5) is 14.6 Å². The molecule has 0 saturated heterocycles. The quantitative estimate of drug-likeness (QED) is 0.789. The molecule has 1 aliphatic carbocycles. The fraction of sp³-hybridized carbons (Fsp3) is 0.429. The summed E-state index contributed by atoms with van der Waals surface area (Å²) in [5.41, 5.74) is 7.10. The minimum Gasteiger partial charge on any atom is -0.472 e. The lowest BCUT2D eigenvalue weighted by Gasteiger charge is -2.29. The smallest absolute Gasteiger partial charge is 0.272 e. The second kappa shape index (κ2) is 7.37. The highest BCUT2D eigenvalue weighted by Crippen LogP contribution is 2.48. The first-order chi connectivity index (χ1) is 13.5. The van der Waals surface area contributed by atoms with Crippen LogP contribution in [-0.4, -0.2) is 34.9 Å². The molecule has 1 aliphatic heterocycles. The van der Waals surface area contributed by atoms with Gasteiger partial charge < -0.3 is 15.0 Å². The Balaban J connectivity index is 1.63. The van der Waals surface area contributed by atoms with Crippen molar-refractivity contribution < 1.29 is 13.5 Å². The van der Waals surface area contributed by atoms with E-state index in [-0.39, 0.29) is 11.9 Å². The van der Waals surface area contributed by atoms with Crippen LogP contribution in [0.3, 0.4) is 0 Å². The third-order valence-corrected chi connectivity index (χ3v) is 5.37. The Morgan fingerprint density at radius 1 is 1.25 bits per heavy atom. The van der Waals surface area contributed by atoms with Crippen molar-refractivity contribution in [2.75, 3.05) is 19.0 Å². The second-order valence-electron chi connectivity index (χ2n) is 7.22. The number of ether oxygens (including phenoxy) is 1. The Hall–Kier alpha value is -2.70. The van der Waals surface area contributed by atoms with E-state index in [2.05, 4.69) is 33.2 Å². The van der Waals surface area contributed by atoms with Gasteiger partial charge in [0.25, 0.3) is 6.43 Å². The molecule has 1 unspecified atom stereocenters.